The molecule has 3 nitrogen and oxygen atoms in total. The SMILES string of the molecule is COC(=O)CC(N)c1cc(Cl)cs1. The number of carbonyl (C=O) groups is 1. The molecule has 0 amide bonds. The van der Waals surface area contributed by atoms with Gasteiger partial charge >= 0.3 is 5.97 Å². The fourth-order valence-corrected chi connectivity index (χ4v) is 1.97. The second-order valence-electron chi connectivity index (χ2n) is 2.55. The third-order valence-corrected chi connectivity index (χ3v) is 2.98. The van der Waals surface area contributed by atoms with Gasteiger partial charge in [-0.3, -0.25) is 4.79 Å². The molecule has 0 aliphatic carbocycles. The maximum absolute atomic E-state index is 10.9. The van der Waals surface area contributed by atoms with E-state index in [4.69, 9.17) is 17.3 Å². The number of rotatable bonds is 3. The number of halogens is 1. The summed E-state index contributed by atoms with van der Waals surface area (Å²) < 4.78 is 4.50. The summed E-state index contributed by atoms with van der Waals surface area (Å²) in [5.41, 5.74) is 5.74. The first kappa shape index (κ1) is 10.5. The average molecular weight is 220 g/mol. The van der Waals surface area contributed by atoms with Crippen molar-refractivity contribution in [3.8, 4) is 0 Å². The Balaban J connectivity index is 2.58. The van der Waals surface area contributed by atoms with Crippen LogP contribution in [0.4, 0.5) is 0 Å². The number of hydrogen-bond donors (Lipinski definition) is 1. The van der Waals surface area contributed by atoms with E-state index in [-0.39, 0.29) is 18.4 Å². The van der Waals surface area contributed by atoms with Gasteiger partial charge in [0.1, 0.15) is 0 Å². The van der Waals surface area contributed by atoms with Gasteiger partial charge in [-0.15, -0.1) is 11.3 Å². The molecule has 0 aromatic carbocycles. The van der Waals surface area contributed by atoms with Gasteiger partial charge in [0.05, 0.1) is 18.6 Å². The molecule has 1 aromatic rings. The summed E-state index contributed by atoms with van der Waals surface area (Å²) in [4.78, 5) is 11.8. The summed E-state index contributed by atoms with van der Waals surface area (Å²) in [6.45, 7) is 0. The van der Waals surface area contributed by atoms with Gasteiger partial charge in [-0.25, -0.2) is 0 Å². The molecule has 13 heavy (non-hydrogen) atoms. The van der Waals surface area contributed by atoms with E-state index in [2.05, 4.69) is 4.74 Å². The third kappa shape index (κ3) is 2.99. The Morgan fingerprint density at radius 1 is 1.85 bits per heavy atom. The van der Waals surface area contributed by atoms with E-state index in [1.807, 2.05) is 0 Å². The average Bonchev–Trinajstić information content (AvgIpc) is 2.51. The monoisotopic (exact) mass is 219 g/mol. The molecule has 1 heterocycles. The van der Waals surface area contributed by atoms with Crippen molar-refractivity contribution in [3.05, 3.63) is 21.3 Å². The first-order valence-corrected chi connectivity index (χ1v) is 4.95. The molecular formula is C8H10ClNO2S. The predicted molar refractivity (Wildman–Crippen MR) is 52.9 cm³/mol. The lowest BCUT2D eigenvalue weighted by molar-refractivity contribution is -0.141. The lowest BCUT2D eigenvalue weighted by Crippen LogP contribution is -2.15. The van der Waals surface area contributed by atoms with Gasteiger partial charge in [0.2, 0.25) is 0 Å². The smallest absolute Gasteiger partial charge is 0.307 e. The maximum Gasteiger partial charge on any atom is 0.307 e. The van der Waals surface area contributed by atoms with Crippen LogP contribution < -0.4 is 5.73 Å². The number of esters is 1. The number of thiophene rings is 1. The minimum atomic E-state index is -0.315. The molecule has 0 radical (unpaired) electrons. The zero-order chi connectivity index (χ0) is 9.84. The Labute approximate surface area is 85.4 Å². The van der Waals surface area contributed by atoms with Crippen molar-refractivity contribution >= 4 is 28.9 Å². The molecule has 0 aliphatic rings. The van der Waals surface area contributed by atoms with Gasteiger partial charge in [-0.1, -0.05) is 11.6 Å². The van der Waals surface area contributed by atoms with E-state index in [1.54, 1.807) is 11.4 Å². The van der Waals surface area contributed by atoms with Crippen LogP contribution in [0.15, 0.2) is 11.4 Å². The van der Waals surface area contributed by atoms with Gasteiger partial charge in [0, 0.05) is 16.3 Å². The van der Waals surface area contributed by atoms with Gasteiger partial charge in [0.15, 0.2) is 0 Å². The Morgan fingerprint density at radius 3 is 3.00 bits per heavy atom. The van der Waals surface area contributed by atoms with E-state index in [9.17, 15) is 4.79 Å². The fraction of sp³-hybridized carbons (Fsp3) is 0.375. The number of hydrogen-bond acceptors (Lipinski definition) is 4. The summed E-state index contributed by atoms with van der Waals surface area (Å²) in [6, 6.07) is 1.45. The van der Waals surface area contributed by atoms with Crippen molar-refractivity contribution in [2.24, 2.45) is 5.73 Å². The Bertz CT molecular complexity index is 300. The molecule has 0 bridgehead atoms. The molecule has 0 saturated carbocycles. The molecule has 1 atom stereocenters. The second-order valence-corrected chi connectivity index (χ2v) is 3.93. The third-order valence-electron chi connectivity index (χ3n) is 1.57. The maximum atomic E-state index is 10.9. The van der Waals surface area contributed by atoms with Crippen LogP contribution in [-0.2, 0) is 9.53 Å². The van der Waals surface area contributed by atoms with Crippen molar-refractivity contribution in [1.82, 2.24) is 0 Å². The first-order valence-electron chi connectivity index (χ1n) is 3.70. The summed E-state index contributed by atoms with van der Waals surface area (Å²) in [6.07, 6.45) is 0.188. The summed E-state index contributed by atoms with van der Waals surface area (Å²) in [5.74, 6) is -0.308. The van der Waals surface area contributed by atoms with Gasteiger partial charge in [0.25, 0.3) is 0 Å². The minimum Gasteiger partial charge on any atom is -0.469 e. The van der Waals surface area contributed by atoms with Crippen LogP contribution in [0.3, 0.4) is 0 Å². The van der Waals surface area contributed by atoms with Gasteiger partial charge in [-0.2, -0.15) is 0 Å². The highest BCUT2D eigenvalue weighted by Gasteiger charge is 2.13. The summed E-state index contributed by atoms with van der Waals surface area (Å²) in [7, 11) is 1.34. The molecule has 0 fully saturated rings. The van der Waals surface area contributed by atoms with Crippen LogP contribution in [0.5, 0.6) is 0 Å². The van der Waals surface area contributed by atoms with E-state index in [1.165, 1.54) is 18.4 Å². The van der Waals surface area contributed by atoms with E-state index < -0.39 is 0 Å². The van der Waals surface area contributed by atoms with Crippen LogP contribution in [-0.4, -0.2) is 13.1 Å². The second kappa shape index (κ2) is 4.60. The first-order chi connectivity index (χ1) is 6.13. The normalized spacial score (nSPS) is 12.5. The Hall–Kier alpha value is -0.580. The molecule has 1 unspecified atom stereocenters. The van der Waals surface area contributed by atoms with Crippen LogP contribution >= 0.6 is 22.9 Å². The number of methoxy groups -OCH3 is 1. The van der Waals surface area contributed by atoms with E-state index in [0.717, 1.165) is 4.88 Å². The van der Waals surface area contributed by atoms with Crippen molar-refractivity contribution in [2.45, 2.75) is 12.5 Å². The van der Waals surface area contributed by atoms with Crippen LogP contribution in [0.2, 0.25) is 5.02 Å². The quantitative estimate of drug-likeness (QED) is 0.791. The number of nitrogens with two attached hydrogens (primary N) is 1. The lowest BCUT2D eigenvalue weighted by Gasteiger charge is -2.06. The lowest BCUT2D eigenvalue weighted by atomic mass is 10.2. The number of carbonyl (C=O) groups excluding carboxylic acids is 1. The van der Waals surface area contributed by atoms with Gasteiger partial charge < -0.3 is 10.5 Å². The molecule has 72 valence electrons. The molecule has 2 N–H and O–H groups in total. The molecule has 1 rings (SSSR count). The Morgan fingerprint density at radius 2 is 2.54 bits per heavy atom. The van der Waals surface area contributed by atoms with Crippen LogP contribution in [0, 0.1) is 0 Å². The Kier molecular flexibility index (Phi) is 3.71. The zero-order valence-electron chi connectivity index (χ0n) is 7.12. The van der Waals surface area contributed by atoms with Crippen molar-refractivity contribution in [3.63, 3.8) is 0 Å². The zero-order valence-corrected chi connectivity index (χ0v) is 8.69. The van der Waals surface area contributed by atoms with E-state index in [0.29, 0.717) is 5.02 Å². The molecule has 0 spiro atoms. The van der Waals surface area contributed by atoms with Crippen LogP contribution in [0.25, 0.3) is 0 Å². The minimum absolute atomic E-state index is 0.188. The topological polar surface area (TPSA) is 52.3 Å². The van der Waals surface area contributed by atoms with E-state index >= 15 is 0 Å². The van der Waals surface area contributed by atoms with Crippen molar-refractivity contribution in [2.75, 3.05) is 7.11 Å². The molecule has 0 aliphatic heterocycles. The molecule has 1 aromatic heterocycles. The largest absolute Gasteiger partial charge is 0.469 e. The van der Waals surface area contributed by atoms with Crippen LogP contribution in [0.1, 0.15) is 17.3 Å². The molecule has 5 heteroatoms. The standard InChI is InChI=1S/C8H10ClNO2S/c1-12-8(11)3-6(10)7-2-5(9)4-13-7/h2,4,6H,3,10H2,1H3. The summed E-state index contributed by atoms with van der Waals surface area (Å²) in [5, 5.41) is 2.44. The predicted octanol–water partition coefficient (Wildman–Crippen LogP) is 1.96. The molecule has 0 saturated heterocycles. The van der Waals surface area contributed by atoms with Gasteiger partial charge in [-0.05, 0) is 6.07 Å². The van der Waals surface area contributed by atoms with Crippen molar-refractivity contribution < 1.29 is 9.53 Å². The highest BCUT2D eigenvalue weighted by molar-refractivity contribution is 7.10. The molecular weight excluding hydrogens is 210 g/mol. The number of ether oxygens (including phenoxy) is 1. The fourth-order valence-electron chi connectivity index (χ4n) is 0.886. The summed E-state index contributed by atoms with van der Waals surface area (Å²) >= 11 is 7.16. The highest BCUT2D eigenvalue weighted by atomic mass is 35.5. The van der Waals surface area contributed by atoms with Crippen molar-refractivity contribution in [1.29, 1.82) is 0 Å². The highest BCUT2D eigenvalue weighted by Crippen LogP contribution is 2.25.